The van der Waals surface area contributed by atoms with Gasteiger partial charge in [-0.25, -0.2) is 0 Å². The van der Waals surface area contributed by atoms with Crippen LogP contribution in [0.2, 0.25) is 0 Å². The van der Waals surface area contributed by atoms with Gasteiger partial charge in [-0.2, -0.15) is 0 Å². The number of halogens is 1. The Hall–Kier alpha value is 0.1000. The first-order valence-corrected chi connectivity index (χ1v) is 7.07. The van der Waals surface area contributed by atoms with E-state index < -0.39 is 0 Å². The summed E-state index contributed by atoms with van der Waals surface area (Å²) in [7, 11) is 0. The second kappa shape index (κ2) is 5.99. The van der Waals surface area contributed by atoms with E-state index in [0.29, 0.717) is 6.10 Å². The van der Waals surface area contributed by atoms with Gasteiger partial charge < -0.3 is 10.1 Å². The Morgan fingerprint density at radius 1 is 1.53 bits per heavy atom. The van der Waals surface area contributed by atoms with Crippen molar-refractivity contribution in [3.8, 4) is 0 Å². The van der Waals surface area contributed by atoms with Gasteiger partial charge in [0.25, 0.3) is 0 Å². The highest BCUT2D eigenvalue weighted by atomic mass is 79.9. The lowest BCUT2D eigenvalue weighted by Crippen LogP contribution is -2.31. The lowest BCUT2D eigenvalue weighted by Gasteiger charge is -2.22. The summed E-state index contributed by atoms with van der Waals surface area (Å²) in [5.74, 6) is 0. The van der Waals surface area contributed by atoms with E-state index in [1.165, 1.54) is 28.6 Å². The van der Waals surface area contributed by atoms with Crippen molar-refractivity contribution in [3.63, 3.8) is 0 Å². The minimum Gasteiger partial charge on any atom is -0.377 e. The molecule has 15 heavy (non-hydrogen) atoms. The Kier molecular flexibility index (Phi) is 4.62. The monoisotopic (exact) mass is 289 g/mol. The molecule has 0 aliphatic carbocycles. The van der Waals surface area contributed by atoms with Crippen LogP contribution in [0, 0.1) is 0 Å². The van der Waals surface area contributed by atoms with Crippen LogP contribution in [0.1, 0.15) is 24.8 Å². The van der Waals surface area contributed by atoms with Crippen LogP contribution in [0.15, 0.2) is 15.2 Å². The van der Waals surface area contributed by atoms with Gasteiger partial charge >= 0.3 is 0 Å². The Morgan fingerprint density at radius 3 is 3.13 bits per heavy atom. The topological polar surface area (TPSA) is 21.3 Å². The number of hydrogen-bond donors (Lipinski definition) is 1. The average molecular weight is 290 g/mol. The molecule has 1 unspecified atom stereocenters. The fourth-order valence-electron chi connectivity index (χ4n) is 1.78. The summed E-state index contributed by atoms with van der Waals surface area (Å²) in [5, 5.41) is 5.62. The highest BCUT2D eigenvalue weighted by Gasteiger charge is 2.12. The molecule has 0 bridgehead atoms. The fourth-order valence-corrected chi connectivity index (χ4v) is 2.99. The molecule has 0 amide bonds. The zero-order valence-electron chi connectivity index (χ0n) is 8.67. The van der Waals surface area contributed by atoms with Crippen molar-refractivity contribution in [2.24, 2.45) is 0 Å². The Balaban J connectivity index is 1.65. The molecule has 1 aliphatic heterocycles. The van der Waals surface area contributed by atoms with Crippen LogP contribution in [0.25, 0.3) is 0 Å². The van der Waals surface area contributed by atoms with E-state index in [0.717, 1.165) is 19.7 Å². The van der Waals surface area contributed by atoms with Crippen molar-refractivity contribution >= 4 is 27.3 Å². The summed E-state index contributed by atoms with van der Waals surface area (Å²) in [6, 6.07) is 2.17. The molecular weight excluding hydrogens is 274 g/mol. The second-order valence-electron chi connectivity index (χ2n) is 3.88. The number of thiophene rings is 1. The molecule has 1 atom stereocenters. The molecule has 0 saturated carbocycles. The van der Waals surface area contributed by atoms with Crippen molar-refractivity contribution in [1.82, 2.24) is 5.32 Å². The molecule has 4 heteroatoms. The summed E-state index contributed by atoms with van der Waals surface area (Å²) < 4.78 is 6.85. The molecule has 2 rings (SSSR count). The highest BCUT2D eigenvalue weighted by molar-refractivity contribution is 9.11. The Bertz CT molecular complexity index is 297. The second-order valence-corrected chi connectivity index (χ2v) is 6.17. The Labute approximate surface area is 103 Å². The van der Waals surface area contributed by atoms with Gasteiger partial charge in [-0.1, -0.05) is 0 Å². The molecule has 1 aliphatic rings. The van der Waals surface area contributed by atoms with Gasteiger partial charge in [0.05, 0.1) is 9.89 Å². The molecule has 1 aromatic rings. The van der Waals surface area contributed by atoms with Crippen LogP contribution in [-0.2, 0) is 11.3 Å². The van der Waals surface area contributed by atoms with E-state index in [9.17, 15) is 0 Å². The summed E-state index contributed by atoms with van der Waals surface area (Å²) >= 11 is 5.20. The van der Waals surface area contributed by atoms with Gasteiger partial charge in [0.1, 0.15) is 0 Å². The molecule has 1 saturated heterocycles. The van der Waals surface area contributed by atoms with E-state index in [1.54, 1.807) is 11.3 Å². The minimum atomic E-state index is 0.431. The van der Waals surface area contributed by atoms with Gasteiger partial charge in [-0.3, -0.25) is 0 Å². The van der Waals surface area contributed by atoms with Crippen molar-refractivity contribution < 1.29 is 4.74 Å². The van der Waals surface area contributed by atoms with E-state index >= 15 is 0 Å². The Morgan fingerprint density at radius 2 is 2.47 bits per heavy atom. The molecule has 2 heterocycles. The van der Waals surface area contributed by atoms with Gasteiger partial charge in [0, 0.05) is 19.7 Å². The van der Waals surface area contributed by atoms with Crippen molar-refractivity contribution in [3.05, 3.63) is 20.8 Å². The zero-order valence-corrected chi connectivity index (χ0v) is 11.1. The van der Waals surface area contributed by atoms with Crippen LogP contribution >= 0.6 is 27.3 Å². The molecule has 0 radical (unpaired) electrons. The molecule has 0 aromatic carbocycles. The van der Waals surface area contributed by atoms with Gasteiger partial charge in [-0.15, -0.1) is 11.3 Å². The summed E-state index contributed by atoms with van der Waals surface area (Å²) in [6.45, 7) is 2.87. The average Bonchev–Trinajstić information content (AvgIpc) is 2.66. The molecule has 1 N–H and O–H groups in total. The molecular formula is C11H16BrNOS. The molecule has 84 valence electrons. The maximum Gasteiger partial charge on any atom is 0.0701 e. The SMILES string of the molecule is Brc1cc(CNCC2CCCCO2)cs1. The number of hydrogen-bond acceptors (Lipinski definition) is 3. The van der Waals surface area contributed by atoms with Crippen LogP contribution in [0.5, 0.6) is 0 Å². The minimum absolute atomic E-state index is 0.431. The third-order valence-electron chi connectivity index (χ3n) is 2.60. The largest absolute Gasteiger partial charge is 0.377 e. The normalized spacial score (nSPS) is 21.8. The van der Waals surface area contributed by atoms with Crippen LogP contribution in [0.3, 0.4) is 0 Å². The third kappa shape index (κ3) is 3.87. The van der Waals surface area contributed by atoms with Gasteiger partial charge in [0.2, 0.25) is 0 Å². The predicted molar refractivity (Wildman–Crippen MR) is 67.3 cm³/mol. The van der Waals surface area contributed by atoms with Gasteiger partial charge in [-0.05, 0) is 52.2 Å². The fraction of sp³-hybridized carbons (Fsp3) is 0.636. The maximum absolute atomic E-state index is 5.65. The van der Waals surface area contributed by atoms with Gasteiger partial charge in [0.15, 0.2) is 0 Å². The van der Waals surface area contributed by atoms with Crippen LogP contribution in [0.4, 0.5) is 0 Å². The van der Waals surface area contributed by atoms with Crippen molar-refractivity contribution in [1.29, 1.82) is 0 Å². The summed E-state index contributed by atoms with van der Waals surface area (Å²) in [6.07, 6.45) is 4.19. The lowest BCUT2D eigenvalue weighted by atomic mass is 10.1. The number of nitrogens with one attached hydrogen (secondary N) is 1. The van der Waals surface area contributed by atoms with E-state index in [4.69, 9.17) is 4.74 Å². The quantitative estimate of drug-likeness (QED) is 0.919. The van der Waals surface area contributed by atoms with E-state index in [1.807, 2.05) is 0 Å². The van der Waals surface area contributed by atoms with E-state index in [-0.39, 0.29) is 0 Å². The zero-order chi connectivity index (χ0) is 10.5. The first-order valence-electron chi connectivity index (χ1n) is 5.40. The smallest absolute Gasteiger partial charge is 0.0701 e. The summed E-state index contributed by atoms with van der Waals surface area (Å²) in [5.41, 5.74) is 1.35. The first-order chi connectivity index (χ1) is 7.34. The maximum atomic E-state index is 5.65. The molecule has 2 nitrogen and oxygen atoms in total. The van der Waals surface area contributed by atoms with Crippen LogP contribution in [-0.4, -0.2) is 19.3 Å². The number of ether oxygens (including phenoxy) is 1. The van der Waals surface area contributed by atoms with E-state index in [2.05, 4.69) is 32.7 Å². The third-order valence-corrected chi connectivity index (χ3v) is 4.15. The predicted octanol–water partition coefficient (Wildman–Crippen LogP) is 3.17. The molecule has 0 spiro atoms. The molecule has 1 aromatic heterocycles. The van der Waals surface area contributed by atoms with Crippen molar-refractivity contribution in [2.75, 3.05) is 13.2 Å². The lowest BCUT2D eigenvalue weighted by molar-refractivity contribution is 0.0168. The molecule has 1 fully saturated rings. The summed E-state index contributed by atoms with van der Waals surface area (Å²) in [4.78, 5) is 0. The van der Waals surface area contributed by atoms with Crippen LogP contribution < -0.4 is 5.32 Å². The number of rotatable bonds is 4. The first kappa shape index (κ1) is 11.6. The van der Waals surface area contributed by atoms with Crippen molar-refractivity contribution in [2.45, 2.75) is 31.9 Å². The highest BCUT2D eigenvalue weighted by Crippen LogP contribution is 2.20. The standard InChI is InChI=1S/C11H16BrNOS/c12-11-5-9(8-15-11)6-13-7-10-3-1-2-4-14-10/h5,8,10,13H,1-4,6-7H2.